The van der Waals surface area contributed by atoms with Gasteiger partial charge in [-0.25, -0.2) is 15.0 Å². The topological polar surface area (TPSA) is 50.7 Å². The molecule has 0 saturated carbocycles. The summed E-state index contributed by atoms with van der Waals surface area (Å²) in [6.45, 7) is 0. The molecule has 0 aliphatic carbocycles. The average Bonchev–Trinajstić information content (AvgIpc) is 2.74. The molecule has 6 heteroatoms. The van der Waals surface area contributed by atoms with Crippen LogP contribution in [0.3, 0.4) is 0 Å². The molecular formula is C11H7BrN4S. The maximum absolute atomic E-state index is 4.43. The summed E-state index contributed by atoms with van der Waals surface area (Å²) < 4.78 is 0.909. The Hall–Kier alpha value is -1.53. The molecule has 3 heterocycles. The summed E-state index contributed by atoms with van der Waals surface area (Å²) in [4.78, 5) is 13.8. The zero-order valence-electron chi connectivity index (χ0n) is 8.59. The van der Waals surface area contributed by atoms with Gasteiger partial charge in [-0.15, -0.1) is 0 Å². The van der Waals surface area contributed by atoms with Gasteiger partial charge in [-0.1, -0.05) is 11.3 Å². The van der Waals surface area contributed by atoms with Gasteiger partial charge in [-0.05, 0) is 40.2 Å². The largest absolute Gasteiger partial charge is 0.315 e. The summed E-state index contributed by atoms with van der Waals surface area (Å²) in [5, 5.41) is 3.96. The van der Waals surface area contributed by atoms with Gasteiger partial charge in [0.2, 0.25) is 0 Å². The molecule has 3 aromatic rings. The van der Waals surface area contributed by atoms with E-state index in [4.69, 9.17) is 0 Å². The SMILES string of the molecule is Brc1cccnc1Nc1nc2cccnc2s1. The fraction of sp³-hybridized carbons (Fsp3) is 0. The lowest BCUT2D eigenvalue weighted by atomic mass is 10.4. The van der Waals surface area contributed by atoms with Crippen LogP contribution in [0.5, 0.6) is 0 Å². The number of halogens is 1. The number of thiazole rings is 1. The van der Waals surface area contributed by atoms with E-state index in [1.54, 1.807) is 12.4 Å². The number of aromatic nitrogens is 3. The van der Waals surface area contributed by atoms with E-state index in [2.05, 4.69) is 36.2 Å². The number of pyridine rings is 2. The van der Waals surface area contributed by atoms with Crippen molar-refractivity contribution in [1.82, 2.24) is 15.0 Å². The zero-order chi connectivity index (χ0) is 11.7. The fourth-order valence-electron chi connectivity index (χ4n) is 1.40. The van der Waals surface area contributed by atoms with Crippen molar-refractivity contribution in [2.24, 2.45) is 0 Å². The highest BCUT2D eigenvalue weighted by atomic mass is 79.9. The van der Waals surface area contributed by atoms with Gasteiger partial charge >= 0.3 is 0 Å². The highest BCUT2D eigenvalue weighted by Crippen LogP contribution is 2.28. The fourth-order valence-corrected chi connectivity index (χ4v) is 2.56. The minimum absolute atomic E-state index is 0.756. The lowest BCUT2D eigenvalue weighted by Gasteiger charge is -2.02. The van der Waals surface area contributed by atoms with Crippen molar-refractivity contribution in [3.05, 3.63) is 41.1 Å². The highest BCUT2D eigenvalue weighted by molar-refractivity contribution is 9.10. The van der Waals surface area contributed by atoms with Crippen LogP contribution in [0.2, 0.25) is 0 Å². The first-order valence-corrected chi connectivity index (χ1v) is 6.53. The molecule has 0 fully saturated rings. The van der Waals surface area contributed by atoms with Gasteiger partial charge in [0.25, 0.3) is 0 Å². The molecule has 0 aliphatic rings. The van der Waals surface area contributed by atoms with Crippen molar-refractivity contribution in [3.8, 4) is 0 Å². The Morgan fingerprint density at radius 3 is 2.76 bits per heavy atom. The minimum atomic E-state index is 0.756. The first kappa shape index (κ1) is 10.6. The summed E-state index contributed by atoms with van der Waals surface area (Å²) in [6.07, 6.45) is 3.50. The van der Waals surface area contributed by atoms with Gasteiger partial charge in [-0.3, -0.25) is 0 Å². The van der Waals surface area contributed by atoms with Crippen LogP contribution in [0.1, 0.15) is 0 Å². The molecule has 0 aliphatic heterocycles. The number of hydrogen-bond donors (Lipinski definition) is 1. The van der Waals surface area contributed by atoms with E-state index in [1.807, 2.05) is 24.3 Å². The van der Waals surface area contributed by atoms with Crippen molar-refractivity contribution >= 4 is 48.6 Å². The Morgan fingerprint density at radius 2 is 1.94 bits per heavy atom. The highest BCUT2D eigenvalue weighted by Gasteiger charge is 2.06. The van der Waals surface area contributed by atoms with Crippen LogP contribution >= 0.6 is 27.3 Å². The van der Waals surface area contributed by atoms with Crippen LogP contribution in [-0.2, 0) is 0 Å². The van der Waals surface area contributed by atoms with E-state index < -0.39 is 0 Å². The molecule has 4 nitrogen and oxygen atoms in total. The molecule has 0 unspecified atom stereocenters. The molecule has 1 N–H and O–H groups in total. The second-order valence-corrected chi connectivity index (χ2v) is 5.14. The lowest BCUT2D eigenvalue weighted by Crippen LogP contribution is -1.92. The lowest BCUT2D eigenvalue weighted by molar-refractivity contribution is 1.28. The van der Waals surface area contributed by atoms with Gasteiger partial charge in [0.1, 0.15) is 16.2 Å². The predicted octanol–water partition coefficient (Wildman–Crippen LogP) is 3.59. The molecule has 0 saturated heterocycles. The van der Waals surface area contributed by atoms with Crippen LogP contribution in [0.4, 0.5) is 10.9 Å². The van der Waals surface area contributed by atoms with E-state index in [0.717, 1.165) is 25.8 Å². The second-order valence-electron chi connectivity index (χ2n) is 3.31. The molecule has 0 bridgehead atoms. The Labute approximate surface area is 110 Å². The molecule has 0 spiro atoms. The summed E-state index contributed by atoms with van der Waals surface area (Å²) >= 11 is 4.94. The molecule has 84 valence electrons. The second kappa shape index (κ2) is 4.38. The Balaban J connectivity index is 1.98. The summed E-state index contributed by atoms with van der Waals surface area (Å²) in [6, 6.07) is 7.62. The van der Waals surface area contributed by atoms with Crippen LogP contribution in [0.15, 0.2) is 41.1 Å². The Bertz CT molecular complexity index is 634. The Morgan fingerprint density at radius 1 is 1.12 bits per heavy atom. The predicted molar refractivity (Wildman–Crippen MR) is 72.6 cm³/mol. The smallest absolute Gasteiger partial charge is 0.190 e. The number of fused-ring (bicyclic) bond motifs is 1. The number of rotatable bonds is 2. The van der Waals surface area contributed by atoms with Gasteiger partial charge in [-0.2, -0.15) is 0 Å². The molecule has 3 aromatic heterocycles. The summed E-state index contributed by atoms with van der Waals surface area (Å²) in [5.74, 6) is 0.756. The average molecular weight is 307 g/mol. The van der Waals surface area contributed by atoms with Gasteiger partial charge < -0.3 is 5.32 Å². The van der Waals surface area contributed by atoms with E-state index in [-0.39, 0.29) is 0 Å². The zero-order valence-corrected chi connectivity index (χ0v) is 11.0. The van der Waals surface area contributed by atoms with Crippen LogP contribution < -0.4 is 5.32 Å². The number of anilines is 2. The molecule has 17 heavy (non-hydrogen) atoms. The van der Waals surface area contributed by atoms with E-state index in [1.165, 1.54) is 11.3 Å². The molecule has 0 aromatic carbocycles. The van der Waals surface area contributed by atoms with E-state index in [0.29, 0.717) is 0 Å². The van der Waals surface area contributed by atoms with Crippen molar-refractivity contribution in [1.29, 1.82) is 0 Å². The van der Waals surface area contributed by atoms with Gasteiger partial charge in [0.15, 0.2) is 5.13 Å². The molecule has 0 amide bonds. The maximum atomic E-state index is 4.43. The molecule has 0 atom stereocenters. The number of hydrogen-bond acceptors (Lipinski definition) is 5. The molecule has 0 radical (unpaired) electrons. The normalized spacial score (nSPS) is 10.6. The third kappa shape index (κ3) is 2.13. The summed E-state index contributed by atoms with van der Waals surface area (Å²) in [5.41, 5.74) is 0.895. The maximum Gasteiger partial charge on any atom is 0.190 e. The van der Waals surface area contributed by atoms with Crippen molar-refractivity contribution in [2.75, 3.05) is 5.32 Å². The number of nitrogens with one attached hydrogen (secondary N) is 1. The van der Waals surface area contributed by atoms with Crippen LogP contribution in [0, 0.1) is 0 Å². The van der Waals surface area contributed by atoms with Crippen molar-refractivity contribution in [2.45, 2.75) is 0 Å². The van der Waals surface area contributed by atoms with Gasteiger partial charge in [0.05, 0.1) is 4.47 Å². The molecular weight excluding hydrogens is 300 g/mol. The van der Waals surface area contributed by atoms with Gasteiger partial charge in [0, 0.05) is 12.4 Å². The quantitative estimate of drug-likeness (QED) is 0.786. The molecule has 3 rings (SSSR count). The van der Waals surface area contributed by atoms with Crippen molar-refractivity contribution in [3.63, 3.8) is 0 Å². The number of nitrogens with zero attached hydrogens (tertiary/aromatic N) is 3. The summed E-state index contributed by atoms with van der Waals surface area (Å²) in [7, 11) is 0. The van der Waals surface area contributed by atoms with E-state index in [9.17, 15) is 0 Å². The third-order valence-electron chi connectivity index (χ3n) is 2.15. The standard InChI is InChI=1S/C11H7BrN4S/c12-7-3-1-5-13-9(7)16-11-15-8-4-2-6-14-10(8)17-11/h1-6H,(H,13,15,16). The van der Waals surface area contributed by atoms with Crippen LogP contribution in [0.25, 0.3) is 10.3 Å². The van der Waals surface area contributed by atoms with Crippen molar-refractivity contribution < 1.29 is 0 Å². The first-order valence-electron chi connectivity index (χ1n) is 4.92. The minimum Gasteiger partial charge on any atom is -0.315 e. The first-order chi connectivity index (χ1) is 8.33. The van der Waals surface area contributed by atoms with Crippen LogP contribution in [-0.4, -0.2) is 15.0 Å². The monoisotopic (exact) mass is 306 g/mol. The van der Waals surface area contributed by atoms with E-state index >= 15 is 0 Å². The third-order valence-corrected chi connectivity index (χ3v) is 3.68. The Kier molecular flexibility index (Phi) is 2.74.